The van der Waals surface area contributed by atoms with E-state index in [1.165, 1.54) is 17.1 Å². The molecule has 2 aromatic carbocycles. The quantitative estimate of drug-likeness (QED) is 0.191. The molecule has 2 atom stereocenters. The van der Waals surface area contributed by atoms with Crippen LogP contribution < -0.4 is 27.3 Å². The second-order valence-electron chi connectivity index (χ2n) is 8.96. The number of nitrogens with zero attached hydrogens (tertiary/aromatic N) is 2. The number of carbonyl (C=O) groups is 1. The molecule has 0 saturated carbocycles. The van der Waals surface area contributed by atoms with Crippen molar-refractivity contribution >= 4 is 26.8 Å². The molecule has 3 aromatic rings. The number of hydrogen-bond donors (Lipinski definition) is 5. The van der Waals surface area contributed by atoms with E-state index in [0.29, 0.717) is 16.6 Å². The largest absolute Gasteiger partial charge is 0.416 e. The third-order valence-electron chi connectivity index (χ3n) is 5.85. The van der Waals surface area contributed by atoms with Crippen LogP contribution in [-0.2, 0) is 27.4 Å². The van der Waals surface area contributed by atoms with Crippen LogP contribution >= 0.6 is 0 Å². The molecule has 39 heavy (non-hydrogen) atoms. The number of fused-ring (bicyclic) bond motifs is 1. The Kier molecular flexibility index (Phi) is 10.4. The summed E-state index contributed by atoms with van der Waals surface area (Å²) in [7, 11) is -4.02. The lowest BCUT2D eigenvalue weighted by Crippen LogP contribution is -2.52. The van der Waals surface area contributed by atoms with Crippen molar-refractivity contribution in [1.29, 1.82) is 0 Å². The summed E-state index contributed by atoms with van der Waals surface area (Å²) in [5.74, 6) is -1.47. The highest BCUT2D eigenvalue weighted by Gasteiger charge is 2.30. The fourth-order valence-corrected chi connectivity index (χ4v) is 5.21. The molecule has 1 amide bonds. The topological polar surface area (TPSA) is 169 Å². The number of alkyl halides is 3. The molecule has 14 heteroatoms. The van der Waals surface area contributed by atoms with E-state index in [0.717, 1.165) is 17.5 Å². The first-order chi connectivity index (χ1) is 18.4. The summed E-state index contributed by atoms with van der Waals surface area (Å²) in [4.78, 5) is 19.8. The van der Waals surface area contributed by atoms with Gasteiger partial charge in [0.15, 0.2) is 0 Å². The van der Waals surface area contributed by atoms with Crippen molar-refractivity contribution in [2.24, 2.45) is 17.2 Å². The summed E-state index contributed by atoms with van der Waals surface area (Å²) in [6.07, 6.45) is -2.81. The summed E-state index contributed by atoms with van der Waals surface area (Å²) in [6.45, 7) is 0.783. The van der Waals surface area contributed by atoms with Crippen molar-refractivity contribution in [3.05, 3.63) is 77.5 Å². The second kappa shape index (κ2) is 13.3. The van der Waals surface area contributed by atoms with Gasteiger partial charge in [-0.1, -0.05) is 30.3 Å². The zero-order chi connectivity index (χ0) is 28.6. The molecule has 3 rings (SSSR count). The molecule has 1 aromatic heterocycles. The molecule has 8 N–H and O–H groups in total. The summed E-state index contributed by atoms with van der Waals surface area (Å²) < 4.78 is 64.3. The van der Waals surface area contributed by atoms with Crippen molar-refractivity contribution in [3.8, 4) is 0 Å². The predicted molar refractivity (Wildman–Crippen MR) is 142 cm³/mol. The molecule has 212 valence electrons. The van der Waals surface area contributed by atoms with Crippen LogP contribution in [-0.4, -0.2) is 62.3 Å². The van der Waals surface area contributed by atoms with Gasteiger partial charge in [0.2, 0.25) is 15.9 Å². The zero-order valence-corrected chi connectivity index (χ0v) is 21.9. The van der Waals surface area contributed by atoms with E-state index in [4.69, 9.17) is 17.2 Å². The van der Waals surface area contributed by atoms with Gasteiger partial charge in [-0.25, -0.2) is 13.4 Å². The monoisotopic (exact) mass is 567 g/mol. The highest BCUT2D eigenvalue weighted by molar-refractivity contribution is 7.89. The Bertz CT molecular complexity index is 1350. The SMILES string of the molecule is NCCN(CCN)NS(=O)(=O)C[C@H](N)C(=O)N[C@@H](Cc1ccc(C(F)(F)F)cc1)c1cnc2ccccc2c1. The van der Waals surface area contributed by atoms with Crippen molar-refractivity contribution in [2.75, 3.05) is 31.9 Å². The Morgan fingerprint density at radius 2 is 1.67 bits per heavy atom. The maximum absolute atomic E-state index is 13.0. The van der Waals surface area contributed by atoms with Gasteiger partial charge in [0.05, 0.1) is 28.9 Å². The number of nitrogens with two attached hydrogens (primary N) is 3. The summed E-state index contributed by atoms with van der Waals surface area (Å²) in [5, 5.41) is 4.86. The molecule has 0 radical (unpaired) electrons. The standard InChI is InChI=1S/C25H32F3N7O3S/c26-25(27,28)20-7-5-17(6-8-20)13-23(19-14-18-3-1-2-4-22(18)32-15-19)33-24(36)21(31)16-39(37,38)34-35(11-9-29)12-10-30/h1-8,14-15,21,23,34H,9-13,16,29-31H2,(H,33,36)/t21-,23-/m0/s1. The third-order valence-corrected chi connectivity index (χ3v) is 7.19. The average Bonchev–Trinajstić information content (AvgIpc) is 2.87. The maximum Gasteiger partial charge on any atom is 0.416 e. The van der Waals surface area contributed by atoms with Crippen LogP contribution in [0.1, 0.15) is 22.7 Å². The lowest BCUT2D eigenvalue weighted by atomic mass is 9.97. The molecule has 1 heterocycles. The summed E-state index contributed by atoms with van der Waals surface area (Å²) >= 11 is 0. The van der Waals surface area contributed by atoms with Crippen LogP contribution in [0.2, 0.25) is 0 Å². The highest BCUT2D eigenvalue weighted by Crippen LogP contribution is 2.30. The van der Waals surface area contributed by atoms with Gasteiger partial charge in [-0.05, 0) is 41.8 Å². The molecule has 0 bridgehead atoms. The van der Waals surface area contributed by atoms with E-state index >= 15 is 0 Å². The van der Waals surface area contributed by atoms with Gasteiger partial charge in [0.25, 0.3) is 0 Å². The molecule has 0 fully saturated rings. The van der Waals surface area contributed by atoms with Crippen LogP contribution in [0.3, 0.4) is 0 Å². The number of halogens is 3. The Hall–Kier alpha value is -3.14. The van der Waals surface area contributed by atoms with Crippen molar-refractivity contribution < 1.29 is 26.4 Å². The minimum absolute atomic E-state index is 0.113. The Morgan fingerprint density at radius 1 is 1.03 bits per heavy atom. The molecule has 10 nitrogen and oxygen atoms in total. The number of aromatic nitrogens is 1. The fourth-order valence-electron chi connectivity index (χ4n) is 3.94. The van der Waals surface area contributed by atoms with E-state index in [2.05, 4.69) is 15.1 Å². The first-order valence-electron chi connectivity index (χ1n) is 12.1. The number of sulfonamides is 1. The smallest absolute Gasteiger partial charge is 0.348 e. The number of hydrogen-bond acceptors (Lipinski definition) is 8. The van der Waals surface area contributed by atoms with Crippen LogP contribution in [0.4, 0.5) is 13.2 Å². The fraction of sp³-hybridized carbons (Fsp3) is 0.360. The lowest BCUT2D eigenvalue weighted by molar-refractivity contribution is -0.137. The highest BCUT2D eigenvalue weighted by atomic mass is 32.2. The van der Waals surface area contributed by atoms with Crippen LogP contribution in [0.25, 0.3) is 10.9 Å². The average molecular weight is 568 g/mol. The van der Waals surface area contributed by atoms with E-state index in [-0.39, 0.29) is 32.6 Å². The van der Waals surface area contributed by atoms with E-state index < -0.39 is 45.5 Å². The van der Waals surface area contributed by atoms with Crippen LogP contribution in [0, 0.1) is 0 Å². The van der Waals surface area contributed by atoms with Gasteiger partial charge in [0, 0.05) is 37.8 Å². The van der Waals surface area contributed by atoms with Gasteiger partial charge in [-0.2, -0.15) is 13.2 Å². The molecule has 0 aliphatic rings. The summed E-state index contributed by atoms with van der Waals surface area (Å²) in [6, 6.07) is 11.5. The van der Waals surface area contributed by atoms with Crippen molar-refractivity contribution in [3.63, 3.8) is 0 Å². The number of amides is 1. The minimum Gasteiger partial charge on any atom is -0.348 e. The summed E-state index contributed by atoms with van der Waals surface area (Å²) in [5.41, 5.74) is 18.0. The van der Waals surface area contributed by atoms with Gasteiger partial charge in [0.1, 0.15) is 0 Å². The third kappa shape index (κ3) is 8.95. The number of pyridine rings is 1. The Labute approximate surface area is 224 Å². The predicted octanol–water partition coefficient (Wildman–Crippen LogP) is 1.03. The normalized spacial score (nSPS) is 13.9. The van der Waals surface area contributed by atoms with Gasteiger partial charge >= 0.3 is 6.18 Å². The van der Waals surface area contributed by atoms with Gasteiger partial charge < -0.3 is 22.5 Å². The molecular weight excluding hydrogens is 535 g/mol. The first-order valence-corrected chi connectivity index (χ1v) is 13.8. The molecule has 0 unspecified atom stereocenters. The number of carbonyl (C=O) groups excluding carboxylic acids is 1. The van der Waals surface area contributed by atoms with E-state index in [1.54, 1.807) is 12.3 Å². The second-order valence-corrected chi connectivity index (χ2v) is 10.7. The Morgan fingerprint density at radius 3 is 2.28 bits per heavy atom. The van der Waals surface area contributed by atoms with Gasteiger partial charge in [-0.3, -0.25) is 9.78 Å². The maximum atomic E-state index is 13.0. The number of benzene rings is 2. The van der Waals surface area contributed by atoms with E-state index in [9.17, 15) is 26.4 Å². The Balaban J connectivity index is 1.81. The molecule has 0 aliphatic carbocycles. The number of para-hydroxylation sites is 1. The van der Waals surface area contributed by atoms with Crippen molar-refractivity contribution in [1.82, 2.24) is 20.1 Å². The number of rotatable bonds is 13. The van der Waals surface area contributed by atoms with Crippen molar-refractivity contribution in [2.45, 2.75) is 24.7 Å². The first kappa shape index (κ1) is 30.4. The minimum atomic E-state index is -4.48. The van der Waals surface area contributed by atoms with Crippen LogP contribution in [0.15, 0.2) is 60.8 Å². The number of hydrazine groups is 1. The molecule has 0 saturated heterocycles. The molecule has 0 spiro atoms. The lowest BCUT2D eigenvalue weighted by Gasteiger charge is -2.24. The zero-order valence-electron chi connectivity index (χ0n) is 21.1. The van der Waals surface area contributed by atoms with Crippen LogP contribution in [0.5, 0.6) is 0 Å². The molecule has 0 aliphatic heterocycles. The van der Waals surface area contributed by atoms with Gasteiger partial charge in [-0.15, -0.1) is 4.83 Å². The molecular formula is C25H32F3N7O3S. The van der Waals surface area contributed by atoms with E-state index in [1.807, 2.05) is 24.3 Å². The number of nitrogens with one attached hydrogen (secondary N) is 2.